The van der Waals surface area contributed by atoms with Gasteiger partial charge in [0, 0.05) is 19.5 Å². The summed E-state index contributed by atoms with van der Waals surface area (Å²) in [6.45, 7) is 0. The first-order valence-electron chi connectivity index (χ1n) is 4.83. The van der Waals surface area contributed by atoms with E-state index >= 15 is 0 Å². The van der Waals surface area contributed by atoms with E-state index in [2.05, 4.69) is 0 Å². The summed E-state index contributed by atoms with van der Waals surface area (Å²) in [7, 11) is 3.23. The van der Waals surface area contributed by atoms with Crippen molar-refractivity contribution in [3.8, 4) is 0 Å². The van der Waals surface area contributed by atoms with Gasteiger partial charge in [0.15, 0.2) is 6.29 Å². The van der Waals surface area contributed by atoms with Gasteiger partial charge in [-0.3, -0.25) is 9.59 Å². The van der Waals surface area contributed by atoms with Crippen LogP contribution in [0.2, 0.25) is 0 Å². The van der Waals surface area contributed by atoms with Crippen molar-refractivity contribution in [1.82, 2.24) is 4.90 Å². The zero-order valence-corrected chi connectivity index (χ0v) is 9.06. The molecule has 1 amide bonds. The Bertz CT molecular complexity index is 554. The van der Waals surface area contributed by atoms with Crippen molar-refractivity contribution in [2.45, 2.75) is 0 Å². The number of carbonyl (C=O) groups excluding carboxylic acids is 2. The van der Waals surface area contributed by atoms with Gasteiger partial charge >= 0.3 is 0 Å². The SMILES string of the molecule is CN(C)C(=O)c1oc2ccccc2c1C=O. The van der Waals surface area contributed by atoms with Crippen molar-refractivity contribution < 1.29 is 14.0 Å². The molecule has 2 rings (SSSR count). The number of para-hydroxylation sites is 1. The standard InChI is InChI=1S/C12H11NO3/c1-13(2)12(15)11-9(7-14)8-5-3-4-6-10(8)16-11/h3-7H,1-2H3. The van der Waals surface area contributed by atoms with Crippen LogP contribution in [0.4, 0.5) is 0 Å². The summed E-state index contributed by atoms with van der Waals surface area (Å²) in [5.41, 5.74) is 0.865. The molecular formula is C12H11NO3. The average molecular weight is 217 g/mol. The average Bonchev–Trinajstić information content (AvgIpc) is 2.65. The predicted molar refractivity (Wildman–Crippen MR) is 59.6 cm³/mol. The Morgan fingerprint density at radius 2 is 2.00 bits per heavy atom. The van der Waals surface area contributed by atoms with E-state index in [-0.39, 0.29) is 11.7 Å². The van der Waals surface area contributed by atoms with Crippen molar-refractivity contribution >= 4 is 23.2 Å². The van der Waals surface area contributed by atoms with E-state index in [0.717, 1.165) is 0 Å². The fourth-order valence-electron chi connectivity index (χ4n) is 1.54. The number of nitrogens with zero attached hydrogens (tertiary/aromatic N) is 1. The van der Waals surface area contributed by atoms with Gasteiger partial charge in [0.05, 0.1) is 5.56 Å². The number of aldehydes is 1. The number of fused-ring (bicyclic) bond motifs is 1. The van der Waals surface area contributed by atoms with Crippen LogP contribution >= 0.6 is 0 Å². The first-order chi connectivity index (χ1) is 7.65. The van der Waals surface area contributed by atoms with Crippen LogP contribution in [0.5, 0.6) is 0 Å². The molecular weight excluding hydrogens is 206 g/mol. The summed E-state index contributed by atoms with van der Waals surface area (Å²) in [4.78, 5) is 24.1. The Balaban J connectivity index is 2.70. The van der Waals surface area contributed by atoms with Crippen molar-refractivity contribution in [3.63, 3.8) is 0 Å². The summed E-state index contributed by atoms with van der Waals surface area (Å²) in [6.07, 6.45) is 0.655. The third-order valence-electron chi connectivity index (χ3n) is 2.35. The van der Waals surface area contributed by atoms with Gasteiger partial charge in [-0.15, -0.1) is 0 Å². The Kier molecular flexibility index (Phi) is 2.48. The zero-order valence-electron chi connectivity index (χ0n) is 9.06. The minimum Gasteiger partial charge on any atom is -0.450 e. The monoisotopic (exact) mass is 217 g/mol. The van der Waals surface area contributed by atoms with Gasteiger partial charge in [0.2, 0.25) is 5.76 Å². The van der Waals surface area contributed by atoms with Gasteiger partial charge < -0.3 is 9.32 Å². The number of amides is 1. The highest BCUT2D eigenvalue weighted by molar-refractivity contribution is 6.07. The molecule has 0 aliphatic carbocycles. The Morgan fingerprint density at radius 3 is 2.62 bits per heavy atom. The van der Waals surface area contributed by atoms with E-state index in [4.69, 9.17) is 4.42 Å². The van der Waals surface area contributed by atoms with Crippen LogP contribution in [-0.2, 0) is 0 Å². The van der Waals surface area contributed by atoms with E-state index in [0.29, 0.717) is 22.8 Å². The predicted octanol–water partition coefficient (Wildman–Crippen LogP) is 1.95. The van der Waals surface area contributed by atoms with Gasteiger partial charge in [0.1, 0.15) is 5.58 Å². The highest BCUT2D eigenvalue weighted by Gasteiger charge is 2.20. The molecule has 4 nitrogen and oxygen atoms in total. The minimum atomic E-state index is -0.307. The largest absolute Gasteiger partial charge is 0.450 e. The van der Waals surface area contributed by atoms with Crippen molar-refractivity contribution in [2.24, 2.45) is 0 Å². The van der Waals surface area contributed by atoms with Gasteiger partial charge in [-0.1, -0.05) is 18.2 Å². The normalized spacial score (nSPS) is 10.4. The quantitative estimate of drug-likeness (QED) is 0.722. The second-order valence-electron chi connectivity index (χ2n) is 3.66. The highest BCUT2D eigenvalue weighted by atomic mass is 16.3. The summed E-state index contributed by atoms with van der Waals surface area (Å²) < 4.78 is 5.39. The van der Waals surface area contributed by atoms with E-state index in [9.17, 15) is 9.59 Å². The summed E-state index contributed by atoms with van der Waals surface area (Å²) in [5, 5.41) is 0.669. The Labute approximate surface area is 92.5 Å². The van der Waals surface area contributed by atoms with Crippen LogP contribution in [0, 0.1) is 0 Å². The smallest absolute Gasteiger partial charge is 0.289 e. The molecule has 0 unspecified atom stereocenters. The summed E-state index contributed by atoms with van der Waals surface area (Å²) in [6, 6.07) is 7.09. The van der Waals surface area contributed by atoms with E-state index in [1.165, 1.54) is 4.90 Å². The zero-order chi connectivity index (χ0) is 11.7. The summed E-state index contributed by atoms with van der Waals surface area (Å²) in [5.74, 6) is -0.209. The third-order valence-corrected chi connectivity index (χ3v) is 2.35. The molecule has 0 N–H and O–H groups in total. The fourth-order valence-corrected chi connectivity index (χ4v) is 1.54. The maximum Gasteiger partial charge on any atom is 0.289 e. The van der Waals surface area contributed by atoms with Gasteiger partial charge in [0.25, 0.3) is 5.91 Å². The summed E-state index contributed by atoms with van der Waals surface area (Å²) >= 11 is 0. The lowest BCUT2D eigenvalue weighted by atomic mass is 10.1. The third kappa shape index (κ3) is 1.48. The first-order valence-corrected chi connectivity index (χ1v) is 4.83. The molecule has 0 aliphatic rings. The molecule has 4 heteroatoms. The van der Waals surface area contributed by atoms with Crippen LogP contribution in [0.25, 0.3) is 11.0 Å². The highest BCUT2D eigenvalue weighted by Crippen LogP contribution is 2.24. The number of benzene rings is 1. The second kappa shape index (κ2) is 3.81. The minimum absolute atomic E-state index is 0.0983. The maximum absolute atomic E-state index is 11.8. The van der Waals surface area contributed by atoms with Crippen LogP contribution in [-0.4, -0.2) is 31.2 Å². The molecule has 16 heavy (non-hydrogen) atoms. The lowest BCUT2D eigenvalue weighted by Gasteiger charge is -2.07. The van der Waals surface area contributed by atoms with Crippen molar-refractivity contribution in [1.29, 1.82) is 0 Å². The molecule has 1 aromatic heterocycles. The fraction of sp³-hybridized carbons (Fsp3) is 0.167. The molecule has 0 bridgehead atoms. The number of furan rings is 1. The van der Waals surface area contributed by atoms with E-state index in [1.54, 1.807) is 38.4 Å². The lowest BCUT2D eigenvalue weighted by Crippen LogP contribution is -2.22. The molecule has 82 valence electrons. The molecule has 0 aliphatic heterocycles. The first kappa shape index (κ1) is 10.4. The maximum atomic E-state index is 11.8. The molecule has 1 heterocycles. The number of hydrogen-bond donors (Lipinski definition) is 0. The molecule has 1 aromatic carbocycles. The number of rotatable bonds is 2. The number of carbonyl (C=O) groups is 2. The molecule has 0 radical (unpaired) electrons. The van der Waals surface area contributed by atoms with Crippen LogP contribution in [0.3, 0.4) is 0 Å². The Morgan fingerprint density at radius 1 is 1.31 bits per heavy atom. The van der Waals surface area contributed by atoms with Gasteiger partial charge in [-0.2, -0.15) is 0 Å². The number of hydrogen-bond acceptors (Lipinski definition) is 3. The van der Waals surface area contributed by atoms with Crippen LogP contribution in [0.15, 0.2) is 28.7 Å². The second-order valence-corrected chi connectivity index (χ2v) is 3.66. The Hall–Kier alpha value is -2.10. The molecule has 2 aromatic rings. The molecule has 0 saturated carbocycles. The van der Waals surface area contributed by atoms with Crippen LogP contribution < -0.4 is 0 Å². The van der Waals surface area contributed by atoms with E-state index < -0.39 is 0 Å². The molecule has 0 fully saturated rings. The van der Waals surface area contributed by atoms with Crippen LogP contribution in [0.1, 0.15) is 20.9 Å². The van der Waals surface area contributed by atoms with Gasteiger partial charge in [-0.25, -0.2) is 0 Å². The van der Waals surface area contributed by atoms with Crippen molar-refractivity contribution in [2.75, 3.05) is 14.1 Å². The van der Waals surface area contributed by atoms with Crippen molar-refractivity contribution in [3.05, 3.63) is 35.6 Å². The molecule has 0 spiro atoms. The lowest BCUT2D eigenvalue weighted by molar-refractivity contribution is 0.0795. The molecule has 0 atom stereocenters. The topological polar surface area (TPSA) is 50.5 Å². The van der Waals surface area contributed by atoms with Gasteiger partial charge in [-0.05, 0) is 6.07 Å². The van der Waals surface area contributed by atoms with E-state index in [1.807, 2.05) is 0 Å². The molecule has 0 saturated heterocycles.